The maximum Gasteiger partial charge on any atom is 0.142 e. The molecule has 3 heteroatoms. The van der Waals surface area contributed by atoms with Crippen LogP contribution in [0.1, 0.15) is 5.56 Å². The minimum atomic E-state index is 0.671. The van der Waals surface area contributed by atoms with Crippen molar-refractivity contribution in [2.24, 2.45) is 5.73 Å². The summed E-state index contributed by atoms with van der Waals surface area (Å²) in [4.78, 5) is 3.21. The zero-order valence-corrected chi connectivity index (χ0v) is 8.21. The normalized spacial score (nSPS) is 10.7. The Balaban J connectivity index is 2.57. The Hall–Kier alpha value is -1.48. The van der Waals surface area contributed by atoms with Gasteiger partial charge in [0.15, 0.2) is 0 Å². The van der Waals surface area contributed by atoms with Gasteiger partial charge < -0.3 is 15.5 Å². The molecule has 1 aromatic carbocycles. The van der Waals surface area contributed by atoms with Crippen LogP contribution in [0.3, 0.4) is 0 Å². The number of aromatic amines is 1. The number of para-hydroxylation sites is 1. The van der Waals surface area contributed by atoms with E-state index in [1.165, 1.54) is 10.9 Å². The first kappa shape index (κ1) is 9.09. The van der Waals surface area contributed by atoms with Gasteiger partial charge in [0, 0.05) is 11.6 Å². The molecule has 0 spiro atoms. The first-order valence-electron chi connectivity index (χ1n) is 4.70. The molecule has 1 aromatic heterocycles. The van der Waals surface area contributed by atoms with Gasteiger partial charge in [-0.2, -0.15) is 0 Å². The number of ether oxygens (including phenoxy) is 1. The number of hydrogen-bond acceptors (Lipinski definition) is 2. The first-order chi connectivity index (χ1) is 6.86. The molecule has 0 amide bonds. The van der Waals surface area contributed by atoms with E-state index in [9.17, 15) is 0 Å². The van der Waals surface area contributed by atoms with Crippen molar-refractivity contribution in [2.75, 3.05) is 13.7 Å². The van der Waals surface area contributed by atoms with Gasteiger partial charge in [-0.15, -0.1) is 0 Å². The standard InChI is InChI=1S/C11H14N2O/c1-14-10-4-2-3-9-8(5-6-12)7-13-11(9)10/h2-4,7,13H,5-6,12H2,1H3. The molecule has 0 aliphatic carbocycles. The molecule has 0 bridgehead atoms. The van der Waals surface area contributed by atoms with E-state index < -0.39 is 0 Å². The molecule has 0 aliphatic rings. The molecule has 74 valence electrons. The van der Waals surface area contributed by atoms with Gasteiger partial charge in [-0.3, -0.25) is 0 Å². The molecule has 14 heavy (non-hydrogen) atoms. The highest BCUT2D eigenvalue weighted by molar-refractivity contribution is 5.88. The van der Waals surface area contributed by atoms with Crippen LogP contribution >= 0.6 is 0 Å². The van der Waals surface area contributed by atoms with E-state index in [0.717, 1.165) is 17.7 Å². The molecule has 0 atom stereocenters. The van der Waals surface area contributed by atoms with Gasteiger partial charge in [0.25, 0.3) is 0 Å². The quantitative estimate of drug-likeness (QED) is 0.773. The smallest absolute Gasteiger partial charge is 0.142 e. The Morgan fingerprint density at radius 2 is 2.29 bits per heavy atom. The summed E-state index contributed by atoms with van der Waals surface area (Å²) in [5, 5.41) is 1.20. The van der Waals surface area contributed by atoms with Gasteiger partial charge >= 0.3 is 0 Å². The third-order valence-electron chi connectivity index (χ3n) is 2.40. The second-order valence-electron chi connectivity index (χ2n) is 3.24. The third kappa shape index (κ3) is 1.36. The molecule has 0 unspecified atom stereocenters. The molecule has 0 fully saturated rings. The van der Waals surface area contributed by atoms with E-state index in [2.05, 4.69) is 11.1 Å². The summed E-state index contributed by atoms with van der Waals surface area (Å²) in [5.74, 6) is 0.880. The van der Waals surface area contributed by atoms with Crippen molar-refractivity contribution < 1.29 is 4.74 Å². The van der Waals surface area contributed by atoms with Crippen molar-refractivity contribution in [1.29, 1.82) is 0 Å². The highest BCUT2D eigenvalue weighted by atomic mass is 16.5. The van der Waals surface area contributed by atoms with E-state index in [4.69, 9.17) is 10.5 Å². The van der Waals surface area contributed by atoms with E-state index in [-0.39, 0.29) is 0 Å². The summed E-state index contributed by atoms with van der Waals surface area (Å²) >= 11 is 0. The predicted octanol–water partition coefficient (Wildman–Crippen LogP) is 1.68. The average molecular weight is 190 g/mol. The van der Waals surface area contributed by atoms with Gasteiger partial charge in [-0.1, -0.05) is 12.1 Å². The largest absolute Gasteiger partial charge is 0.495 e. The van der Waals surface area contributed by atoms with Crippen LogP contribution in [0.2, 0.25) is 0 Å². The molecular formula is C11H14N2O. The number of nitrogens with two attached hydrogens (primary N) is 1. The number of H-pyrrole nitrogens is 1. The second-order valence-corrected chi connectivity index (χ2v) is 3.24. The van der Waals surface area contributed by atoms with E-state index in [1.807, 2.05) is 18.3 Å². The maximum atomic E-state index is 5.54. The Bertz CT molecular complexity index is 434. The third-order valence-corrected chi connectivity index (χ3v) is 2.40. The zero-order chi connectivity index (χ0) is 9.97. The predicted molar refractivity (Wildman–Crippen MR) is 57.6 cm³/mol. The molecule has 1 heterocycles. The van der Waals surface area contributed by atoms with Crippen LogP contribution < -0.4 is 10.5 Å². The number of methoxy groups -OCH3 is 1. The Labute approximate surface area is 82.9 Å². The Morgan fingerprint density at radius 1 is 1.43 bits per heavy atom. The van der Waals surface area contributed by atoms with Gasteiger partial charge in [0.05, 0.1) is 12.6 Å². The zero-order valence-electron chi connectivity index (χ0n) is 8.21. The molecule has 0 saturated carbocycles. The molecule has 0 aliphatic heterocycles. The fourth-order valence-electron chi connectivity index (χ4n) is 1.72. The average Bonchev–Trinajstić information content (AvgIpc) is 2.62. The van der Waals surface area contributed by atoms with E-state index >= 15 is 0 Å². The number of rotatable bonds is 3. The summed E-state index contributed by atoms with van der Waals surface area (Å²) in [6.07, 6.45) is 2.90. The van der Waals surface area contributed by atoms with Crippen molar-refractivity contribution >= 4 is 10.9 Å². The summed E-state index contributed by atoms with van der Waals surface area (Å²) in [6.45, 7) is 0.671. The van der Waals surface area contributed by atoms with E-state index in [1.54, 1.807) is 7.11 Å². The van der Waals surface area contributed by atoms with Gasteiger partial charge in [-0.25, -0.2) is 0 Å². The molecule has 2 rings (SSSR count). The molecule has 3 nitrogen and oxygen atoms in total. The number of nitrogens with one attached hydrogen (secondary N) is 1. The Morgan fingerprint density at radius 3 is 3.00 bits per heavy atom. The fourth-order valence-corrected chi connectivity index (χ4v) is 1.72. The van der Waals surface area contributed by atoms with Crippen molar-refractivity contribution in [3.63, 3.8) is 0 Å². The molecular weight excluding hydrogens is 176 g/mol. The second kappa shape index (κ2) is 3.72. The lowest BCUT2D eigenvalue weighted by Crippen LogP contribution is -2.01. The van der Waals surface area contributed by atoms with Crippen LogP contribution in [0.15, 0.2) is 24.4 Å². The van der Waals surface area contributed by atoms with Crippen LogP contribution in [0, 0.1) is 0 Å². The fraction of sp³-hybridized carbons (Fsp3) is 0.273. The SMILES string of the molecule is COc1cccc2c(CCN)c[nH]c12. The van der Waals surface area contributed by atoms with Gasteiger partial charge in [0.1, 0.15) is 5.75 Å². The lowest BCUT2D eigenvalue weighted by Gasteiger charge is -2.01. The topological polar surface area (TPSA) is 51.0 Å². The monoisotopic (exact) mass is 190 g/mol. The summed E-state index contributed by atoms with van der Waals surface area (Å²) in [6, 6.07) is 6.03. The number of benzene rings is 1. The van der Waals surface area contributed by atoms with Crippen LogP contribution in [0.5, 0.6) is 5.75 Å². The Kier molecular flexibility index (Phi) is 2.41. The maximum absolute atomic E-state index is 5.54. The van der Waals surface area contributed by atoms with Gasteiger partial charge in [0.2, 0.25) is 0 Å². The molecule has 0 radical (unpaired) electrons. The minimum absolute atomic E-state index is 0.671. The van der Waals surface area contributed by atoms with Crippen LogP contribution in [-0.4, -0.2) is 18.6 Å². The number of hydrogen-bond donors (Lipinski definition) is 2. The summed E-state index contributed by atoms with van der Waals surface area (Å²) < 4.78 is 5.26. The van der Waals surface area contributed by atoms with Crippen molar-refractivity contribution in [3.05, 3.63) is 30.0 Å². The molecule has 0 saturated heterocycles. The van der Waals surface area contributed by atoms with Crippen molar-refractivity contribution in [3.8, 4) is 5.75 Å². The molecule has 3 N–H and O–H groups in total. The number of aromatic nitrogens is 1. The van der Waals surface area contributed by atoms with E-state index in [0.29, 0.717) is 6.54 Å². The van der Waals surface area contributed by atoms with Crippen molar-refractivity contribution in [1.82, 2.24) is 4.98 Å². The molecule has 2 aromatic rings. The van der Waals surface area contributed by atoms with Crippen LogP contribution in [0.25, 0.3) is 10.9 Å². The highest BCUT2D eigenvalue weighted by Crippen LogP contribution is 2.26. The first-order valence-corrected chi connectivity index (χ1v) is 4.70. The summed E-state index contributed by atoms with van der Waals surface area (Å²) in [7, 11) is 1.68. The lowest BCUT2D eigenvalue weighted by molar-refractivity contribution is 0.419. The number of fused-ring (bicyclic) bond motifs is 1. The minimum Gasteiger partial charge on any atom is -0.495 e. The lowest BCUT2D eigenvalue weighted by atomic mass is 10.1. The summed E-state index contributed by atoms with van der Waals surface area (Å²) in [5.41, 5.74) is 7.84. The van der Waals surface area contributed by atoms with Gasteiger partial charge in [-0.05, 0) is 24.6 Å². The van der Waals surface area contributed by atoms with Crippen molar-refractivity contribution in [2.45, 2.75) is 6.42 Å². The van der Waals surface area contributed by atoms with Crippen LogP contribution in [-0.2, 0) is 6.42 Å². The van der Waals surface area contributed by atoms with Crippen LogP contribution in [0.4, 0.5) is 0 Å². The highest BCUT2D eigenvalue weighted by Gasteiger charge is 2.06.